The van der Waals surface area contributed by atoms with E-state index in [1.807, 2.05) is 41.4 Å². The Hall–Kier alpha value is -2.63. The van der Waals surface area contributed by atoms with Crippen molar-refractivity contribution in [1.29, 1.82) is 0 Å². The van der Waals surface area contributed by atoms with E-state index in [0.29, 0.717) is 31.5 Å². The maximum absolute atomic E-state index is 12.7. The molecule has 2 aromatic rings. The number of carbonyl (C=O) groups excluding carboxylic acids is 2. The fraction of sp³-hybridized carbons (Fsp3) is 0.450. The molecule has 2 aliphatic rings. The fourth-order valence-electron chi connectivity index (χ4n) is 4.00. The maximum Gasteiger partial charge on any atom is 0.253 e. The average Bonchev–Trinajstić information content (AvgIpc) is 3.18. The highest BCUT2D eigenvalue weighted by Crippen LogP contribution is 2.28. The first-order chi connectivity index (χ1) is 12.7. The van der Waals surface area contributed by atoms with Gasteiger partial charge in [0.1, 0.15) is 0 Å². The van der Waals surface area contributed by atoms with Gasteiger partial charge in [0, 0.05) is 24.6 Å². The van der Waals surface area contributed by atoms with Gasteiger partial charge in [0.25, 0.3) is 5.91 Å². The number of rotatable bonds is 3. The zero-order chi connectivity index (χ0) is 17.9. The largest absolute Gasteiger partial charge is 0.347 e. The highest BCUT2D eigenvalue weighted by atomic mass is 16.2. The summed E-state index contributed by atoms with van der Waals surface area (Å²) in [5, 5.41) is 10.3. The number of H-pyrrole nitrogens is 1. The number of fused-ring (bicyclic) bond motifs is 1. The summed E-state index contributed by atoms with van der Waals surface area (Å²) in [6, 6.07) is 9.38. The lowest BCUT2D eigenvalue weighted by atomic mass is 9.91. The third-order valence-electron chi connectivity index (χ3n) is 5.53. The lowest BCUT2D eigenvalue weighted by molar-refractivity contribution is -0.127. The second-order valence-corrected chi connectivity index (χ2v) is 7.19. The summed E-state index contributed by atoms with van der Waals surface area (Å²) < 4.78 is 0. The lowest BCUT2D eigenvalue weighted by Gasteiger charge is -2.32. The standard InChI is InChI=1S/C20H24N4O2/c25-19(22-17-8-4-7-16-13-21-23-18(16)17)14-9-11-24(12-10-14)20(26)15-5-2-1-3-6-15/h1-3,5-6,13-14,17H,4,7-12H2,(H,21,23)(H,22,25). The van der Waals surface area contributed by atoms with Crippen molar-refractivity contribution in [2.75, 3.05) is 13.1 Å². The minimum absolute atomic E-state index is 0.0249. The van der Waals surface area contributed by atoms with Crippen LogP contribution in [-0.4, -0.2) is 40.0 Å². The molecule has 136 valence electrons. The molecule has 6 heteroatoms. The molecule has 1 aromatic heterocycles. The van der Waals surface area contributed by atoms with Crippen molar-refractivity contribution in [1.82, 2.24) is 20.4 Å². The Balaban J connectivity index is 1.32. The summed E-state index contributed by atoms with van der Waals surface area (Å²) in [7, 11) is 0. The molecular weight excluding hydrogens is 328 g/mol. The Morgan fingerprint density at radius 2 is 1.88 bits per heavy atom. The normalized spacial score (nSPS) is 20.5. The van der Waals surface area contributed by atoms with Crippen LogP contribution in [0, 0.1) is 5.92 Å². The van der Waals surface area contributed by atoms with Gasteiger partial charge in [0.05, 0.1) is 17.9 Å². The molecule has 1 aliphatic carbocycles. The first-order valence-electron chi connectivity index (χ1n) is 9.39. The first-order valence-corrected chi connectivity index (χ1v) is 9.39. The molecule has 0 spiro atoms. The fourth-order valence-corrected chi connectivity index (χ4v) is 4.00. The molecule has 1 fully saturated rings. The molecule has 1 unspecified atom stereocenters. The van der Waals surface area contributed by atoms with Gasteiger partial charge in [-0.25, -0.2) is 0 Å². The van der Waals surface area contributed by atoms with Crippen molar-refractivity contribution < 1.29 is 9.59 Å². The summed E-state index contributed by atoms with van der Waals surface area (Å²) in [5.74, 6) is 0.131. The molecular formula is C20H24N4O2. The van der Waals surface area contributed by atoms with Gasteiger partial charge in [0.15, 0.2) is 0 Å². The van der Waals surface area contributed by atoms with Gasteiger partial charge in [-0.3, -0.25) is 14.7 Å². The van der Waals surface area contributed by atoms with Crippen LogP contribution < -0.4 is 5.32 Å². The zero-order valence-electron chi connectivity index (χ0n) is 14.8. The molecule has 0 radical (unpaired) electrons. The number of hydrogen-bond acceptors (Lipinski definition) is 3. The molecule has 0 bridgehead atoms. The number of hydrogen-bond donors (Lipinski definition) is 2. The maximum atomic E-state index is 12.7. The van der Waals surface area contributed by atoms with Crippen LogP contribution in [0.25, 0.3) is 0 Å². The van der Waals surface area contributed by atoms with Crippen molar-refractivity contribution in [3.63, 3.8) is 0 Å². The van der Waals surface area contributed by atoms with Crippen molar-refractivity contribution in [2.45, 2.75) is 38.1 Å². The SMILES string of the molecule is O=C(NC1CCCc2cn[nH]c21)C1CCN(C(=O)c2ccccc2)CC1. The van der Waals surface area contributed by atoms with Gasteiger partial charge in [-0.15, -0.1) is 0 Å². The average molecular weight is 352 g/mol. The second-order valence-electron chi connectivity index (χ2n) is 7.19. The van der Waals surface area contributed by atoms with Gasteiger partial charge < -0.3 is 10.2 Å². The monoisotopic (exact) mass is 352 g/mol. The molecule has 26 heavy (non-hydrogen) atoms. The zero-order valence-corrected chi connectivity index (χ0v) is 14.8. The van der Waals surface area contributed by atoms with Crippen molar-refractivity contribution in [3.8, 4) is 0 Å². The highest BCUT2D eigenvalue weighted by molar-refractivity contribution is 5.94. The van der Waals surface area contributed by atoms with E-state index in [1.54, 1.807) is 0 Å². The Bertz CT molecular complexity index is 778. The minimum Gasteiger partial charge on any atom is -0.347 e. The van der Waals surface area contributed by atoms with E-state index in [2.05, 4.69) is 15.5 Å². The summed E-state index contributed by atoms with van der Waals surface area (Å²) in [4.78, 5) is 27.1. The molecule has 0 saturated carbocycles. The predicted molar refractivity (Wildman–Crippen MR) is 97.5 cm³/mol. The van der Waals surface area contributed by atoms with E-state index in [1.165, 1.54) is 5.56 Å². The van der Waals surface area contributed by atoms with Crippen molar-refractivity contribution in [2.24, 2.45) is 5.92 Å². The molecule has 1 saturated heterocycles. The molecule has 6 nitrogen and oxygen atoms in total. The summed E-state index contributed by atoms with van der Waals surface area (Å²) in [6.45, 7) is 1.26. The molecule has 1 aromatic carbocycles. The number of piperidine rings is 1. The van der Waals surface area contributed by atoms with Crippen LogP contribution in [0.5, 0.6) is 0 Å². The number of aryl methyl sites for hydroxylation is 1. The molecule has 2 amide bonds. The number of nitrogens with one attached hydrogen (secondary N) is 2. The molecule has 2 heterocycles. The molecule has 2 N–H and O–H groups in total. The van der Waals surface area contributed by atoms with E-state index in [-0.39, 0.29) is 23.8 Å². The Labute approximate surface area is 153 Å². The second kappa shape index (κ2) is 7.32. The van der Waals surface area contributed by atoms with Gasteiger partial charge in [-0.1, -0.05) is 18.2 Å². The smallest absolute Gasteiger partial charge is 0.253 e. The van der Waals surface area contributed by atoms with Crippen molar-refractivity contribution in [3.05, 3.63) is 53.3 Å². The Kier molecular flexibility index (Phi) is 4.73. The summed E-state index contributed by atoms with van der Waals surface area (Å²) in [6.07, 6.45) is 6.34. The first kappa shape index (κ1) is 16.8. The Morgan fingerprint density at radius 3 is 2.65 bits per heavy atom. The Morgan fingerprint density at radius 1 is 1.12 bits per heavy atom. The van der Waals surface area contributed by atoms with Crippen LogP contribution in [0.1, 0.15) is 53.3 Å². The minimum atomic E-state index is -0.0249. The van der Waals surface area contributed by atoms with E-state index in [9.17, 15) is 9.59 Å². The lowest BCUT2D eigenvalue weighted by Crippen LogP contribution is -2.44. The predicted octanol–water partition coefficient (Wildman–Crippen LogP) is 2.46. The van der Waals surface area contributed by atoms with Crippen LogP contribution in [0.3, 0.4) is 0 Å². The van der Waals surface area contributed by atoms with Crippen LogP contribution >= 0.6 is 0 Å². The van der Waals surface area contributed by atoms with Gasteiger partial charge in [-0.2, -0.15) is 5.10 Å². The van der Waals surface area contributed by atoms with Crippen LogP contribution in [0.15, 0.2) is 36.5 Å². The number of aromatic nitrogens is 2. The number of carbonyl (C=O) groups is 2. The number of benzene rings is 1. The molecule has 1 atom stereocenters. The molecule has 4 rings (SSSR count). The van der Waals surface area contributed by atoms with E-state index in [0.717, 1.165) is 25.0 Å². The van der Waals surface area contributed by atoms with E-state index < -0.39 is 0 Å². The molecule has 1 aliphatic heterocycles. The summed E-state index contributed by atoms with van der Waals surface area (Å²) in [5.41, 5.74) is 2.98. The van der Waals surface area contributed by atoms with E-state index in [4.69, 9.17) is 0 Å². The quantitative estimate of drug-likeness (QED) is 0.891. The third-order valence-corrected chi connectivity index (χ3v) is 5.53. The van der Waals surface area contributed by atoms with Crippen LogP contribution in [-0.2, 0) is 11.2 Å². The highest BCUT2D eigenvalue weighted by Gasteiger charge is 2.30. The topological polar surface area (TPSA) is 78.1 Å². The third kappa shape index (κ3) is 3.36. The summed E-state index contributed by atoms with van der Waals surface area (Å²) >= 11 is 0. The van der Waals surface area contributed by atoms with Gasteiger partial charge >= 0.3 is 0 Å². The number of amides is 2. The van der Waals surface area contributed by atoms with Crippen LogP contribution in [0.2, 0.25) is 0 Å². The van der Waals surface area contributed by atoms with Crippen LogP contribution in [0.4, 0.5) is 0 Å². The van der Waals surface area contributed by atoms with Gasteiger partial charge in [-0.05, 0) is 49.8 Å². The number of likely N-dealkylation sites (tertiary alicyclic amines) is 1. The number of nitrogens with zero attached hydrogens (tertiary/aromatic N) is 2. The van der Waals surface area contributed by atoms with Gasteiger partial charge in [0.2, 0.25) is 5.91 Å². The van der Waals surface area contributed by atoms with E-state index >= 15 is 0 Å². The van der Waals surface area contributed by atoms with Crippen molar-refractivity contribution >= 4 is 11.8 Å². The number of aromatic amines is 1.